The zero-order valence-corrected chi connectivity index (χ0v) is 8.55. The summed E-state index contributed by atoms with van der Waals surface area (Å²) in [6, 6.07) is 0. The van der Waals surface area contributed by atoms with Gasteiger partial charge in [-0.15, -0.1) is 0 Å². The minimum absolute atomic E-state index is 0.0992. The van der Waals surface area contributed by atoms with Gasteiger partial charge in [-0.1, -0.05) is 37.6 Å². The maximum absolute atomic E-state index is 10.8. The van der Waals surface area contributed by atoms with Crippen molar-refractivity contribution >= 4 is 5.91 Å². The van der Waals surface area contributed by atoms with E-state index in [0.717, 1.165) is 12.8 Å². The van der Waals surface area contributed by atoms with Crippen LogP contribution in [0.15, 0.2) is 24.3 Å². The summed E-state index contributed by atoms with van der Waals surface area (Å²) >= 11 is 0. The first-order chi connectivity index (χ1) is 6.31. The smallest absolute Gasteiger partial charge is 0.220 e. The summed E-state index contributed by atoms with van der Waals surface area (Å²) in [7, 11) is 1.66. The molecule has 0 aliphatic rings. The van der Waals surface area contributed by atoms with E-state index in [4.69, 9.17) is 0 Å². The molecule has 0 aliphatic carbocycles. The van der Waals surface area contributed by atoms with E-state index in [2.05, 4.69) is 18.3 Å². The third kappa shape index (κ3) is 8.86. The van der Waals surface area contributed by atoms with E-state index >= 15 is 0 Å². The van der Waals surface area contributed by atoms with Crippen LogP contribution >= 0.6 is 0 Å². The molecule has 0 aromatic heterocycles. The predicted molar refractivity (Wildman–Crippen MR) is 56.5 cm³/mol. The van der Waals surface area contributed by atoms with Crippen LogP contribution in [0.4, 0.5) is 0 Å². The van der Waals surface area contributed by atoms with Crippen LogP contribution in [-0.4, -0.2) is 13.0 Å². The van der Waals surface area contributed by atoms with Gasteiger partial charge in [-0.2, -0.15) is 0 Å². The Morgan fingerprint density at radius 1 is 1.23 bits per heavy atom. The van der Waals surface area contributed by atoms with Crippen molar-refractivity contribution in [3.05, 3.63) is 24.3 Å². The lowest BCUT2D eigenvalue weighted by Gasteiger charge is -1.93. The number of hydrogen-bond acceptors (Lipinski definition) is 1. The lowest BCUT2D eigenvalue weighted by molar-refractivity contribution is -0.120. The van der Waals surface area contributed by atoms with E-state index in [1.54, 1.807) is 7.05 Å². The van der Waals surface area contributed by atoms with Crippen LogP contribution in [0.3, 0.4) is 0 Å². The molecule has 1 amide bonds. The molecule has 0 aliphatic heterocycles. The lowest BCUT2D eigenvalue weighted by atomic mass is 10.2. The first-order valence-corrected chi connectivity index (χ1v) is 4.83. The van der Waals surface area contributed by atoms with Gasteiger partial charge in [-0.3, -0.25) is 4.79 Å². The fourth-order valence-corrected chi connectivity index (χ4v) is 0.856. The second-order valence-corrected chi connectivity index (χ2v) is 2.86. The first kappa shape index (κ1) is 11.9. The van der Waals surface area contributed by atoms with Crippen molar-refractivity contribution in [1.82, 2.24) is 5.32 Å². The number of carbonyl (C=O) groups is 1. The molecule has 0 saturated carbocycles. The van der Waals surface area contributed by atoms with Crippen molar-refractivity contribution in [2.24, 2.45) is 0 Å². The molecule has 2 heteroatoms. The average molecular weight is 181 g/mol. The maximum Gasteiger partial charge on any atom is 0.220 e. The number of hydrogen-bond donors (Lipinski definition) is 1. The molecule has 0 saturated heterocycles. The summed E-state index contributed by atoms with van der Waals surface area (Å²) in [5.41, 5.74) is 0. The van der Waals surface area contributed by atoms with Crippen LogP contribution < -0.4 is 5.32 Å². The van der Waals surface area contributed by atoms with Crippen LogP contribution in [0.2, 0.25) is 0 Å². The van der Waals surface area contributed by atoms with Crippen LogP contribution in [0.1, 0.15) is 32.6 Å². The highest BCUT2D eigenvalue weighted by Gasteiger charge is 1.92. The summed E-state index contributed by atoms with van der Waals surface area (Å²) < 4.78 is 0. The van der Waals surface area contributed by atoms with Crippen LogP contribution in [-0.2, 0) is 4.79 Å². The summed E-state index contributed by atoms with van der Waals surface area (Å²) in [6.07, 6.45) is 11.9. The van der Waals surface area contributed by atoms with Gasteiger partial charge in [0.05, 0.1) is 0 Å². The van der Waals surface area contributed by atoms with Crippen LogP contribution in [0.25, 0.3) is 0 Å². The van der Waals surface area contributed by atoms with E-state index < -0.39 is 0 Å². The normalized spacial score (nSPS) is 11.2. The zero-order chi connectivity index (χ0) is 9.94. The Bertz CT molecular complexity index is 183. The summed E-state index contributed by atoms with van der Waals surface area (Å²) in [6.45, 7) is 2.15. The zero-order valence-electron chi connectivity index (χ0n) is 8.55. The highest BCUT2D eigenvalue weighted by Crippen LogP contribution is 1.93. The minimum atomic E-state index is 0.0992. The quantitative estimate of drug-likeness (QED) is 0.626. The molecular formula is C11H19NO. The highest BCUT2D eigenvalue weighted by atomic mass is 16.1. The van der Waals surface area contributed by atoms with E-state index in [-0.39, 0.29) is 5.91 Å². The Hall–Kier alpha value is -1.05. The fourth-order valence-electron chi connectivity index (χ4n) is 0.856. The summed E-state index contributed by atoms with van der Waals surface area (Å²) in [5.74, 6) is 0.0992. The van der Waals surface area contributed by atoms with Gasteiger partial charge < -0.3 is 5.32 Å². The number of allylic oxidation sites excluding steroid dienone is 4. The predicted octanol–water partition coefficient (Wildman–Crippen LogP) is 2.43. The first-order valence-electron chi connectivity index (χ1n) is 4.83. The monoisotopic (exact) mass is 181 g/mol. The third-order valence-electron chi connectivity index (χ3n) is 1.66. The van der Waals surface area contributed by atoms with Crippen molar-refractivity contribution in [1.29, 1.82) is 0 Å². The molecule has 1 N–H and O–H groups in total. The van der Waals surface area contributed by atoms with Gasteiger partial charge in [0.1, 0.15) is 0 Å². The molecule has 74 valence electrons. The number of unbranched alkanes of at least 4 members (excludes halogenated alkanes) is 1. The van der Waals surface area contributed by atoms with Crippen LogP contribution in [0.5, 0.6) is 0 Å². The summed E-state index contributed by atoms with van der Waals surface area (Å²) in [4.78, 5) is 10.8. The Morgan fingerprint density at radius 3 is 2.38 bits per heavy atom. The van der Waals surface area contributed by atoms with Gasteiger partial charge in [0.2, 0.25) is 5.91 Å². The lowest BCUT2D eigenvalue weighted by Crippen LogP contribution is -2.16. The molecule has 0 aromatic carbocycles. The molecule has 0 unspecified atom stereocenters. The standard InChI is InChI=1S/C11H19NO/c1-3-4-5-6-7-8-9-10-11(13)12-2/h5-8H,3-4,9-10H2,1-2H3,(H,12,13)/b6-5?,8-7+. The van der Waals surface area contributed by atoms with E-state index in [0.29, 0.717) is 6.42 Å². The molecule has 2 nitrogen and oxygen atoms in total. The Labute approximate surface area is 80.7 Å². The Morgan fingerprint density at radius 2 is 1.85 bits per heavy atom. The van der Waals surface area contributed by atoms with Crippen molar-refractivity contribution in [2.45, 2.75) is 32.6 Å². The molecule has 0 heterocycles. The van der Waals surface area contributed by atoms with Crippen molar-refractivity contribution in [3.63, 3.8) is 0 Å². The number of carbonyl (C=O) groups excluding carboxylic acids is 1. The third-order valence-corrected chi connectivity index (χ3v) is 1.66. The van der Waals surface area contributed by atoms with Crippen molar-refractivity contribution in [3.8, 4) is 0 Å². The summed E-state index contributed by atoms with van der Waals surface area (Å²) in [5, 5.41) is 2.59. The highest BCUT2D eigenvalue weighted by molar-refractivity contribution is 5.75. The topological polar surface area (TPSA) is 29.1 Å². The molecule has 0 fully saturated rings. The molecule has 0 spiro atoms. The van der Waals surface area contributed by atoms with Gasteiger partial charge in [-0.05, 0) is 12.8 Å². The fraction of sp³-hybridized carbons (Fsp3) is 0.545. The van der Waals surface area contributed by atoms with Gasteiger partial charge in [-0.25, -0.2) is 0 Å². The Balaban J connectivity index is 3.36. The van der Waals surface area contributed by atoms with Crippen LogP contribution in [0, 0.1) is 0 Å². The van der Waals surface area contributed by atoms with Crippen molar-refractivity contribution in [2.75, 3.05) is 7.05 Å². The maximum atomic E-state index is 10.8. The SMILES string of the molecule is CCCC=C/C=C/CCC(=O)NC. The van der Waals surface area contributed by atoms with E-state index in [1.165, 1.54) is 6.42 Å². The second-order valence-electron chi connectivity index (χ2n) is 2.86. The van der Waals surface area contributed by atoms with Crippen molar-refractivity contribution < 1.29 is 4.79 Å². The molecule has 0 aromatic rings. The molecule has 0 bridgehead atoms. The number of amides is 1. The van der Waals surface area contributed by atoms with Gasteiger partial charge in [0.25, 0.3) is 0 Å². The Kier molecular flexibility index (Phi) is 8.31. The van der Waals surface area contributed by atoms with Gasteiger partial charge in [0.15, 0.2) is 0 Å². The molecule has 13 heavy (non-hydrogen) atoms. The van der Waals surface area contributed by atoms with E-state index in [1.807, 2.05) is 18.2 Å². The molecule has 0 radical (unpaired) electrons. The molecule has 0 atom stereocenters. The minimum Gasteiger partial charge on any atom is -0.359 e. The largest absolute Gasteiger partial charge is 0.359 e. The molecular weight excluding hydrogens is 162 g/mol. The molecule has 0 rings (SSSR count). The second kappa shape index (κ2) is 9.04. The average Bonchev–Trinajstić information content (AvgIpc) is 2.16. The number of rotatable bonds is 6. The van der Waals surface area contributed by atoms with Gasteiger partial charge in [0, 0.05) is 13.5 Å². The van der Waals surface area contributed by atoms with Gasteiger partial charge >= 0.3 is 0 Å². The van der Waals surface area contributed by atoms with E-state index in [9.17, 15) is 4.79 Å². The number of nitrogens with one attached hydrogen (secondary N) is 1.